The second-order valence-corrected chi connectivity index (χ2v) is 6.43. The molecule has 1 amide bonds. The lowest BCUT2D eigenvalue weighted by Crippen LogP contribution is -2.45. The molecule has 0 spiro atoms. The van der Waals surface area contributed by atoms with Gasteiger partial charge in [0, 0.05) is 18.7 Å². The smallest absolute Gasteiger partial charge is 0.308 e. The van der Waals surface area contributed by atoms with Gasteiger partial charge in [-0.25, -0.2) is 9.67 Å². The van der Waals surface area contributed by atoms with Crippen molar-refractivity contribution in [3.8, 4) is 5.69 Å². The lowest BCUT2D eigenvalue weighted by atomic mass is 9.90. The Bertz CT molecular complexity index is 757. The summed E-state index contributed by atoms with van der Waals surface area (Å²) in [5.74, 6) is -1.27. The van der Waals surface area contributed by atoms with Crippen LogP contribution in [-0.2, 0) is 4.79 Å². The first-order valence-corrected chi connectivity index (χ1v) is 7.93. The minimum atomic E-state index is -0.836. The molecular weight excluding hydrogens is 308 g/mol. The molecule has 1 N–H and O–H groups in total. The highest BCUT2D eigenvalue weighted by Gasteiger charge is 2.32. The topological polar surface area (TPSA) is 88.3 Å². The molecule has 0 radical (unpaired) electrons. The molecule has 1 saturated heterocycles. The molecule has 1 aromatic carbocycles. The number of hydrogen-bond donors (Lipinski definition) is 1. The lowest BCUT2D eigenvalue weighted by molar-refractivity contribution is -0.143. The maximum Gasteiger partial charge on any atom is 0.308 e. The van der Waals surface area contributed by atoms with Crippen LogP contribution in [0.5, 0.6) is 0 Å². The molecule has 1 aliphatic heterocycles. The Morgan fingerprint density at radius 1 is 1.29 bits per heavy atom. The zero-order valence-corrected chi connectivity index (χ0v) is 13.7. The Labute approximate surface area is 139 Å². The number of carbonyl (C=O) groups is 2. The van der Waals surface area contributed by atoms with Gasteiger partial charge in [0.05, 0.1) is 11.6 Å². The minimum absolute atomic E-state index is 0.124. The maximum atomic E-state index is 12.8. The van der Waals surface area contributed by atoms with Crippen molar-refractivity contribution in [2.45, 2.75) is 20.3 Å². The molecule has 126 valence electrons. The van der Waals surface area contributed by atoms with E-state index in [1.54, 1.807) is 22.0 Å². The highest BCUT2D eigenvalue weighted by atomic mass is 16.4. The van der Waals surface area contributed by atoms with E-state index in [2.05, 4.69) is 10.1 Å². The Kier molecular flexibility index (Phi) is 4.33. The first kappa shape index (κ1) is 16.2. The molecule has 2 aromatic rings. The Morgan fingerprint density at radius 3 is 2.71 bits per heavy atom. The normalized spacial score (nSPS) is 20.8. The number of aryl methyl sites for hydroxylation is 1. The SMILES string of the molecule is Cc1cc(C(=O)N2CC(C)CC(C(=O)O)C2)ccc1-n1cncn1. The van der Waals surface area contributed by atoms with Crippen LogP contribution in [0, 0.1) is 18.8 Å². The number of piperidine rings is 1. The third-order valence-electron chi connectivity index (χ3n) is 4.41. The third kappa shape index (κ3) is 3.15. The molecule has 2 atom stereocenters. The van der Waals surface area contributed by atoms with Crippen molar-refractivity contribution < 1.29 is 14.7 Å². The van der Waals surface area contributed by atoms with Crippen LogP contribution in [0.4, 0.5) is 0 Å². The summed E-state index contributed by atoms with van der Waals surface area (Å²) in [6, 6.07) is 5.40. The molecule has 0 aliphatic carbocycles. The lowest BCUT2D eigenvalue weighted by Gasteiger charge is -2.34. The maximum absolute atomic E-state index is 12.8. The number of amides is 1. The van der Waals surface area contributed by atoms with E-state index >= 15 is 0 Å². The number of likely N-dealkylation sites (tertiary alicyclic amines) is 1. The fourth-order valence-electron chi connectivity index (χ4n) is 3.26. The average molecular weight is 328 g/mol. The molecule has 0 saturated carbocycles. The number of aromatic nitrogens is 3. The second-order valence-electron chi connectivity index (χ2n) is 6.43. The fourth-order valence-corrected chi connectivity index (χ4v) is 3.26. The highest BCUT2D eigenvalue weighted by molar-refractivity contribution is 5.95. The summed E-state index contributed by atoms with van der Waals surface area (Å²) in [5, 5.41) is 13.4. The molecule has 2 unspecified atom stereocenters. The van der Waals surface area contributed by atoms with Crippen LogP contribution in [0.3, 0.4) is 0 Å². The summed E-state index contributed by atoms with van der Waals surface area (Å²) in [5.41, 5.74) is 2.33. The van der Waals surface area contributed by atoms with Crippen LogP contribution < -0.4 is 0 Å². The first-order valence-electron chi connectivity index (χ1n) is 7.93. The molecule has 2 heterocycles. The number of nitrogens with zero attached hydrogens (tertiary/aromatic N) is 4. The van der Waals surface area contributed by atoms with Crippen LogP contribution in [-0.4, -0.2) is 49.7 Å². The van der Waals surface area contributed by atoms with E-state index in [4.69, 9.17) is 0 Å². The summed E-state index contributed by atoms with van der Waals surface area (Å²) < 4.78 is 1.65. The number of carbonyl (C=O) groups excluding carboxylic acids is 1. The average Bonchev–Trinajstić information content (AvgIpc) is 3.07. The quantitative estimate of drug-likeness (QED) is 0.927. The molecule has 7 nitrogen and oxygen atoms in total. The van der Waals surface area contributed by atoms with Crippen molar-refractivity contribution in [1.29, 1.82) is 0 Å². The third-order valence-corrected chi connectivity index (χ3v) is 4.41. The predicted octanol–water partition coefficient (Wildman–Crippen LogP) is 1.76. The van der Waals surface area contributed by atoms with Gasteiger partial charge >= 0.3 is 5.97 Å². The molecule has 3 rings (SSSR count). The van der Waals surface area contributed by atoms with Gasteiger partial charge in [0.15, 0.2) is 0 Å². The van der Waals surface area contributed by atoms with Crippen molar-refractivity contribution in [2.75, 3.05) is 13.1 Å². The highest BCUT2D eigenvalue weighted by Crippen LogP contribution is 2.24. The second kappa shape index (κ2) is 6.43. The molecule has 24 heavy (non-hydrogen) atoms. The summed E-state index contributed by atoms with van der Waals surface area (Å²) >= 11 is 0. The number of hydrogen-bond acceptors (Lipinski definition) is 4. The van der Waals surface area contributed by atoms with Crippen molar-refractivity contribution in [2.24, 2.45) is 11.8 Å². The van der Waals surface area contributed by atoms with Crippen molar-refractivity contribution in [3.05, 3.63) is 42.0 Å². The Balaban J connectivity index is 1.82. The molecule has 1 aliphatic rings. The molecular formula is C17H20N4O3. The van der Waals surface area contributed by atoms with E-state index in [1.807, 2.05) is 26.0 Å². The van der Waals surface area contributed by atoms with E-state index < -0.39 is 11.9 Å². The van der Waals surface area contributed by atoms with E-state index in [9.17, 15) is 14.7 Å². The van der Waals surface area contributed by atoms with Gasteiger partial charge in [0.1, 0.15) is 12.7 Å². The zero-order valence-electron chi connectivity index (χ0n) is 13.7. The number of carboxylic acids is 1. The number of aliphatic carboxylic acids is 1. The number of benzene rings is 1. The van der Waals surface area contributed by atoms with Gasteiger partial charge in [-0.1, -0.05) is 6.92 Å². The van der Waals surface area contributed by atoms with Crippen molar-refractivity contribution in [3.63, 3.8) is 0 Å². The monoisotopic (exact) mass is 328 g/mol. The van der Waals surface area contributed by atoms with E-state index in [-0.39, 0.29) is 18.4 Å². The molecule has 1 fully saturated rings. The predicted molar refractivity (Wildman–Crippen MR) is 86.9 cm³/mol. The zero-order chi connectivity index (χ0) is 17.3. The van der Waals surface area contributed by atoms with Crippen molar-refractivity contribution >= 4 is 11.9 Å². The van der Waals surface area contributed by atoms with Crippen LogP contribution >= 0.6 is 0 Å². The summed E-state index contributed by atoms with van der Waals surface area (Å²) in [4.78, 5) is 29.6. The van der Waals surface area contributed by atoms with Gasteiger partial charge in [0.2, 0.25) is 0 Å². The number of carboxylic acid groups (broad SMARTS) is 1. The molecule has 1 aromatic heterocycles. The fraction of sp³-hybridized carbons (Fsp3) is 0.412. The molecule has 7 heteroatoms. The van der Waals surface area contributed by atoms with Gasteiger partial charge in [-0.2, -0.15) is 5.10 Å². The van der Waals surface area contributed by atoms with E-state index in [0.29, 0.717) is 18.5 Å². The molecule has 0 bridgehead atoms. The minimum Gasteiger partial charge on any atom is -0.481 e. The van der Waals surface area contributed by atoms with E-state index in [0.717, 1.165) is 11.3 Å². The standard InChI is InChI=1S/C17H20N4O3/c1-11-5-14(17(23)24)8-20(7-11)16(22)13-3-4-15(12(2)6-13)21-10-18-9-19-21/h3-4,6,9-11,14H,5,7-8H2,1-2H3,(H,23,24). The summed E-state index contributed by atoms with van der Waals surface area (Å²) in [6.45, 7) is 4.75. The first-order chi connectivity index (χ1) is 11.5. The van der Waals surface area contributed by atoms with Crippen LogP contribution in [0.2, 0.25) is 0 Å². The Hall–Kier alpha value is -2.70. The van der Waals surface area contributed by atoms with E-state index in [1.165, 1.54) is 6.33 Å². The van der Waals surface area contributed by atoms with Crippen molar-refractivity contribution in [1.82, 2.24) is 19.7 Å². The van der Waals surface area contributed by atoms with Gasteiger partial charge in [-0.15, -0.1) is 0 Å². The van der Waals surface area contributed by atoms with Crippen LogP contribution in [0.15, 0.2) is 30.9 Å². The number of rotatable bonds is 3. The van der Waals surface area contributed by atoms with Gasteiger partial charge in [-0.05, 0) is 43.0 Å². The summed E-state index contributed by atoms with van der Waals surface area (Å²) in [7, 11) is 0. The van der Waals surface area contributed by atoms with Crippen LogP contribution in [0.25, 0.3) is 5.69 Å². The van der Waals surface area contributed by atoms with Gasteiger partial charge in [-0.3, -0.25) is 9.59 Å². The largest absolute Gasteiger partial charge is 0.481 e. The Morgan fingerprint density at radius 2 is 2.08 bits per heavy atom. The van der Waals surface area contributed by atoms with Gasteiger partial charge in [0.25, 0.3) is 5.91 Å². The summed E-state index contributed by atoms with van der Waals surface area (Å²) in [6.07, 6.45) is 3.68. The van der Waals surface area contributed by atoms with Gasteiger partial charge < -0.3 is 10.0 Å². The van der Waals surface area contributed by atoms with Crippen LogP contribution in [0.1, 0.15) is 29.3 Å².